The number of nitrogens with zero attached hydrogens (tertiary/aromatic N) is 2. The number of ether oxygens (including phenoxy) is 1. The van der Waals surface area contributed by atoms with Gasteiger partial charge in [0.15, 0.2) is 0 Å². The van der Waals surface area contributed by atoms with Crippen molar-refractivity contribution in [2.24, 2.45) is 5.41 Å². The molecule has 0 saturated heterocycles. The van der Waals surface area contributed by atoms with Crippen molar-refractivity contribution in [3.05, 3.63) is 11.7 Å². The van der Waals surface area contributed by atoms with Crippen molar-refractivity contribution in [2.75, 3.05) is 7.11 Å². The first-order chi connectivity index (χ1) is 7.88. The summed E-state index contributed by atoms with van der Waals surface area (Å²) in [6, 6.07) is 0. The average molecular weight is 242 g/mol. The molecule has 0 aliphatic rings. The van der Waals surface area contributed by atoms with Crippen molar-refractivity contribution in [1.29, 1.82) is 0 Å². The number of aromatic nitrogens is 2. The molecule has 1 aromatic rings. The van der Waals surface area contributed by atoms with E-state index in [2.05, 4.69) is 10.1 Å². The van der Waals surface area contributed by atoms with Gasteiger partial charge in [-0.1, -0.05) is 32.9 Å². The van der Waals surface area contributed by atoms with Crippen molar-refractivity contribution in [2.45, 2.75) is 52.7 Å². The standard InChI is InChI=1S/C12H22N2O3/c1-6-8(16-5)11-13-10(17-14-11)7-9(15)12(2,3)4/h8-9,15H,6-7H2,1-5H3. The fraction of sp³-hybridized carbons (Fsp3) is 0.833. The van der Waals surface area contributed by atoms with Gasteiger partial charge in [-0.3, -0.25) is 0 Å². The lowest BCUT2D eigenvalue weighted by molar-refractivity contribution is 0.0565. The van der Waals surface area contributed by atoms with E-state index < -0.39 is 6.10 Å². The molecule has 1 aromatic heterocycles. The van der Waals surface area contributed by atoms with Crippen LogP contribution in [0.25, 0.3) is 0 Å². The Kier molecular flexibility index (Phi) is 4.65. The summed E-state index contributed by atoms with van der Waals surface area (Å²) in [6.45, 7) is 7.91. The normalized spacial score (nSPS) is 15.9. The quantitative estimate of drug-likeness (QED) is 0.856. The molecule has 2 unspecified atom stereocenters. The van der Waals surface area contributed by atoms with Crippen LogP contribution in [0.3, 0.4) is 0 Å². The summed E-state index contributed by atoms with van der Waals surface area (Å²) in [7, 11) is 1.62. The van der Waals surface area contributed by atoms with Crippen molar-refractivity contribution >= 4 is 0 Å². The van der Waals surface area contributed by atoms with Gasteiger partial charge in [-0.2, -0.15) is 4.98 Å². The predicted molar refractivity (Wildman–Crippen MR) is 63.5 cm³/mol. The Labute approximate surface area is 102 Å². The van der Waals surface area contributed by atoms with E-state index in [-0.39, 0.29) is 11.5 Å². The molecule has 1 N–H and O–H groups in total. The van der Waals surface area contributed by atoms with Gasteiger partial charge in [-0.15, -0.1) is 0 Å². The Morgan fingerprint density at radius 3 is 2.53 bits per heavy atom. The highest BCUT2D eigenvalue weighted by Crippen LogP contribution is 2.23. The van der Waals surface area contributed by atoms with Gasteiger partial charge in [0.05, 0.1) is 12.5 Å². The van der Waals surface area contributed by atoms with Crippen LogP contribution in [0, 0.1) is 5.41 Å². The average Bonchev–Trinajstić information content (AvgIpc) is 2.67. The molecule has 5 nitrogen and oxygen atoms in total. The first-order valence-corrected chi connectivity index (χ1v) is 5.91. The zero-order valence-corrected chi connectivity index (χ0v) is 11.2. The first kappa shape index (κ1) is 14.1. The summed E-state index contributed by atoms with van der Waals surface area (Å²) < 4.78 is 10.3. The minimum absolute atomic E-state index is 0.140. The molecule has 0 spiro atoms. The van der Waals surface area contributed by atoms with Gasteiger partial charge in [0.2, 0.25) is 11.7 Å². The number of hydrogen-bond acceptors (Lipinski definition) is 5. The minimum Gasteiger partial charge on any atom is -0.392 e. The van der Waals surface area contributed by atoms with Crippen molar-refractivity contribution in [3.63, 3.8) is 0 Å². The van der Waals surface area contributed by atoms with Gasteiger partial charge in [0.1, 0.15) is 6.10 Å². The van der Waals surface area contributed by atoms with Gasteiger partial charge in [0, 0.05) is 7.11 Å². The third-order valence-corrected chi connectivity index (χ3v) is 2.79. The molecule has 17 heavy (non-hydrogen) atoms. The van der Waals surface area contributed by atoms with Crippen molar-refractivity contribution in [1.82, 2.24) is 10.1 Å². The van der Waals surface area contributed by atoms with E-state index in [9.17, 15) is 5.11 Å². The topological polar surface area (TPSA) is 68.4 Å². The molecule has 2 atom stereocenters. The highest BCUT2D eigenvalue weighted by Gasteiger charge is 2.25. The second-order valence-corrected chi connectivity index (χ2v) is 5.26. The molecule has 0 fully saturated rings. The lowest BCUT2D eigenvalue weighted by atomic mass is 9.87. The van der Waals surface area contributed by atoms with Crippen LogP contribution in [-0.4, -0.2) is 28.5 Å². The van der Waals surface area contributed by atoms with E-state index in [1.807, 2.05) is 27.7 Å². The van der Waals surface area contributed by atoms with E-state index in [1.165, 1.54) is 0 Å². The van der Waals surface area contributed by atoms with Gasteiger partial charge < -0.3 is 14.4 Å². The Morgan fingerprint density at radius 1 is 1.41 bits per heavy atom. The molecule has 5 heteroatoms. The third-order valence-electron chi connectivity index (χ3n) is 2.79. The summed E-state index contributed by atoms with van der Waals surface area (Å²) in [5.74, 6) is 1.00. The molecule has 0 aliphatic heterocycles. The summed E-state index contributed by atoms with van der Waals surface area (Å²) in [5.41, 5.74) is -0.194. The van der Waals surface area contributed by atoms with Crippen molar-refractivity contribution < 1.29 is 14.4 Å². The second-order valence-electron chi connectivity index (χ2n) is 5.26. The van der Waals surface area contributed by atoms with Crippen LogP contribution < -0.4 is 0 Å². The van der Waals surface area contributed by atoms with Gasteiger partial charge >= 0.3 is 0 Å². The smallest absolute Gasteiger partial charge is 0.229 e. The van der Waals surface area contributed by atoms with Gasteiger partial charge in [0.25, 0.3) is 0 Å². The van der Waals surface area contributed by atoms with Crippen LogP contribution in [0.15, 0.2) is 4.52 Å². The number of aliphatic hydroxyl groups is 1. The maximum absolute atomic E-state index is 9.94. The zero-order chi connectivity index (χ0) is 13.1. The SMILES string of the molecule is CCC(OC)c1noc(CC(O)C(C)(C)C)n1. The number of hydrogen-bond donors (Lipinski definition) is 1. The molecule has 0 bridgehead atoms. The lowest BCUT2D eigenvalue weighted by Crippen LogP contribution is -2.28. The zero-order valence-electron chi connectivity index (χ0n) is 11.2. The predicted octanol–water partition coefficient (Wildman–Crippen LogP) is 2.12. The Bertz CT molecular complexity index is 340. The summed E-state index contributed by atoms with van der Waals surface area (Å²) >= 11 is 0. The number of aliphatic hydroxyl groups excluding tert-OH is 1. The molecule has 1 heterocycles. The van der Waals surface area contributed by atoms with Crippen LogP contribution in [-0.2, 0) is 11.2 Å². The summed E-state index contributed by atoms with van der Waals surface area (Å²) in [6.07, 6.45) is 0.520. The van der Waals surface area contributed by atoms with E-state index in [0.29, 0.717) is 18.1 Å². The number of rotatable bonds is 5. The maximum atomic E-state index is 9.94. The first-order valence-electron chi connectivity index (χ1n) is 5.91. The highest BCUT2D eigenvalue weighted by atomic mass is 16.5. The minimum atomic E-state index is -0.501. The van der Waals surface area contributed by atoms with E-state index >= 15 is 0 Å². The molecular formula is C12H22N2O3. The van der Waals surface area contributed by atoms with E-state index in [1.54, 1.807) is 7.11 Å². The molecule has 0 amide bonds. The van der Waals surface area contributed by atoms with E-state index in [0.717, 1.165) is 6.42 Å². The monoisotopic (exact) mass is 242 g/mol. The highest BCUT2D eigenvalue weighted by molar-refractivity contribution is 4.93. The third kappa shape index (κ3) is 3.78. The molecule has 98 valence electrons. The van der Waals surface area contributed by atoms with Gasteiger partial charge in [-0.25, -0.2) is 0 Å². The second kappa shape index (κ2) is 5.60. The van der Waals surface area contributed by atoms with Crippen LogP contribution in [0.2, 0.25) is 0 Å². The Balaban J connectivity index is 2.69. The molecule has 0 aromatic carbocycles. The fourth-order valence-electron chi connectivity index (χ4n) is 1.41. The number of methoxy groups -OCH3 is 1. The van der Waals surface area contributed by atoms with Crippen molar-refractivity contribution in [3.8, 4) is 0 Å². The van der Waals surface area contributed by atoms with E-state index in [4.69, 9.17) is 9.26 Å². The Morgan fingerprint density at radius 2 is 2.06 bits per heavy atom. The molecule has 0 saturated carbocycles. The molecular weight excluding hydrogens is 220 g/mol. The van der Waals surface area contributed by atoms with Crippen LogP contribution >= 0.6 is 0 Å². The molecule has 1 rings (SSSR count). The van der Waals surface area contributed by atoms with Crippen LogP contribution in [0.1, 0.15) is 51.9 Å². The maximum Gasteiger partial charge on any atom is 0.229 e. The fourth-order valence-corrected chi connectivity index (χ4v) is 1.41. The van der Waals surface area contributed by atoms with Crippen LogP contribution in [0.5, 0.6) is 0 Å². The molecule has 0 radical (unpaired) electrons. The van der Waals surface area contributed by atoms with Gasteiger partial charge in [-0.05, 0) is 11.8 Å². The van der Waals surface area contributed by atoms with Crippen LogP contribution in [0.4, 0.5) is 0 Å². The summed E-state index contributed by atoms with van der Waals surface area (Å²) in [5, 5.41) is 13.8. The Hall–Kier alpha value is -0.940. The largest absolute Gasteiger partial charge is 0.392 e. The lowest BCUT2D eigenvalue weighted by Gasteiger charge is -2.24. The summed E-state index contributed by atoms with van der Waals surface area (Å²) in [4.78, 5) is 4.24. The molecule has 0 aliphatic carbocycles.